The summed E-state index contributed by atoms with van der Waals surface area (Å²) in [5, 5.41) is 3.82. The number of amides is 2. The summed E-state index contributed by atoms with van der Waals surface area (Å²) in [4.78, 5) is 16.4. The van der Waals surface area contributed by atoms with Crippen molar-refractivity contribution in [2.24, 2.45) is 0 Å². The highest BCUT2D eigenvalue weighted by Gasteiger charge is 2.45. The van der Waals surface area contributed by atoms with Crippen molar-refractivity contribution in [1.82, 2.24) is 10.2 Å². The number of carbonyl (C=O) groups is 1. The van der Waals surface area contributed by atoms with Crippen molar-refractivity contribution < 1.29 is 4.79 Å². The van der Waals surface area contributed by atoms with E-state index >= 15 is 0 Å². The molecule has 1 unspecified atom stereocenters. The van der Waals surface area contributed by atoms with Gasteiger partial charge >= 0.3 is 6.03 Å². The Bertz CT molecular complexity index is 504. The number of hydrogen-bond donors (Lipinski definition) is 1. The third-order valence-electron chi connectivity index (χ3n) is 3.91. The topological polar surface area (TPSA) is 35.6 Å². The van der Waals surface area contributed by atoms with Crippen LogP contribution in [0.15, 0.2) is 24.3 Å². The van der Waals surface area contributed by atoms with Gasteiger partial charge in [-0.2, -0.15) is 0 Å². The molecule has 2 aliphatic rings. The molecule has 2 amide bonds. The molecule has 108 valence electrons. The lowest BCUT2D eigenvalue weighted by molar-refractivity contribution is 0.148. The molecule has 1 aromatic rings. The molecule has 2 aliphatic heterocycles. The predicted octanol–water partition coefficient (Wildman–Crippen LogP) is 3.44. The van der Waals surface area contributed by atoms with Crippen LogP contribution >= 0.6 is 34.2 Å². The highest BCUT2D eigenvalue weighted by atomic mass is 127. The lowest BCUT2D eigenvalue weighted by Gasteiger charge is -2.38. The Labute approximate surface area is 137 Å². The molecule has 0 spiro atoms. The number of nitrogens with zero attached hydrogens (tertiary/aromatic N) is 2. The molecule has 0 saturated carbocycles. The molecule has 6 heteroatoms. The van der Waals surface area contributed by atoms with E-state index in [1.54, 1.807) is 4.90 Å². The van der Waals surface area contributed by atoms with E-state index in [0.717, 1.165) is 18.8 Å². The van der Waals surface area contributed by atoms with Gasteiger partial charge in [0.1, 0.15) is 0 Å². The normalized spacial score (nSPS) is 27.7. The molecule has 2 fully saturated rings. The van der Waals surface area contributed by atoms with E-state index in [0.29, 0.717) is 11.6 Å². The van der Waals surface area contributed by atoms with E-state index in [-0.39, 0.29) is 9.70 Å². The fourth-order valence-electron chi connectivity index (χ4n) is 2.81. The first-order valence-corrected chi connectivity index (χ1v) is 8.33. The number of alkyl halides is 1. The SMILES string of the molecule is O=C1NC(I)(N2CCCCC2)CN1c1ccc(Cl)cc1. The average Bonchev–Trinajstić information content (AvgIpc) is 2.77. The summed E-state index contributed by atoms with van der Waals surface area (Å²) < 4.78 is -0.297. The van der Waals surface area contributed by atoms with Crippen LogP contribution in [-0.4, -0.2) is 34.2 Å². The van der Waals surface area contributed by atoms with Crippen molar-refractivity contribution in [1.29, 1.82) is 0 Å². The Hall–Kier alpha value is -0.530. The van der Waals surface area contributed by atoms with E-state index < -0.39 is 0 Å². The molecule has 3 rings (SSSR count). The quantitative estimate of drug-likeness (QED) is 0.465. The molecule has 20 heavy (non-hydrogen) atoms. The largest absolute Gasteiger partial charge is 0.324 e. The van der Waals surface area contributed by atoms with Crippen molar-refractivity contribution in [2.45, 2.75) is 22.9 Å². The maximum Gasteiger partial charge on any atom is 0.324 e. The van der Waals surface area contributed by atoms with Crippen LogP contribution in [0.1, 0.15) is 19.3 Å². The summed E-state index contributed by atoms with van der Waals surface area (Å²) in [6.07, 6.45) is 3.71. The van der Waals surface area contributed by atoms with Crippen molar-refractivity contribution in [2.75, 3.05) is 24.5 Å². The van der Waals surface area contributed by atoms with Gasteiger partial charge in [0.05, 0.1) is 6.54 Å². The molecule has 1 aromatic carbocycles. The van der Waals surface area contributed by atoms with Gasteiger partial charge in [-0.25, -0.2) is 4.79 Å². The number of halogens is 2. The number of rotatable bonds is 2. The average molecular weight is 406 g/mol. The van der Waals surface area contributed by atoms with Gasteiger partial charge in [0.25, 0.3) is 0 Å². The Morgan fingerprint density at radius 1 is 1.15 bits per heavy atom. The molecule has 0 aromatic heterocycles. The molecule has 4 nitrogen and oxygen atoms in total. The third kappa shape index (κ3) is 2.76. The van der Waals surface area contributed by atoms with Crippen LogP contribution in [-0.2, 0) is 0 Å². The fraction of sp³-hybridized carbons (Fsp3) is 0.500. The van der Waals surface area contributed by atoms with E-state index in [2.05, 4.69) is 32.8 Å². The summed E-state index contributed by atoms with van der Waals surface area (Å²) in [5.74, 6) is 0. The summed E-state index contributed by atoms with van der Waals surface area (Å²) in [6, 6.07) is 7.38. The molecular weight excluding hydrogens is 389 g/mol. The van der Waals surface area contributed by atoms with Gasteiger partial charge in [-0.1, -0.05) is 18.0 Å². The van der Waals surface area contributed by atoms with E-state index in [1.165, 1.54) is 19.3 Å². The lowest BCUT2D eigenvalue weighted by atomic mass is 10.1. The number of piperidine rings is 1. The number of carbonyl (C=O) groups excluding carboxylic acids is 1. The highest BCUT2D eigenvalue weighted by Crippen LogP contribution is 2.33. The fourth-order valence-corrected chi connectivity index (χ4v) is 3.99. The molecule has 0 aliphatic carbocycles. The Kier molecular flexibility index (Phi) is 4.10. The second-order valence-corrected chi connectivity index (χ2v) is 7.52. The molecule has 1 atom stereocenters. The van der Waals surface area contributed by atoms with Crippen LogP contribution in [0.5, 0.6) is 0 Å². The van der Waals surface area contributed by atoms with Gasteiger partial charge in [0, 0.05) is 23.8 Å². The van der Waals surface area contributed by atoms with Crippen LogP contribution in [0.25, 0.3) is 0 Å². The Balaban J connectivity index is 1.78. The van der Waals surface area contributed by atoms with Crippen molar-refractivity contribution in [3.8, 4) is 0 Å². The van der Waals surface area contributed by atoms with Crippen LogP contribution in [0.4, 0.5) is 10.5 Å². The molecule has 0 radical (unpaired) electrons. The molecular formula is C14H17ClIN3O. The summed E-state index contributed by atoms with van der Waals surface area (Å²) in [6.45, 7) is 2.77. The van der Waals surface area contributed by atoms with Gasteiger partial charge in [0.15, 0.2) is 3.67 Å². The van der Waals surface area contributed by atoms with Gasteiger partial charge in [0.2, 0.25) is 0 Å². The zero-order valence-electron chi connectivity index (χ0n) is 11.1. The molecule has 2 saturated heterocycles. The Morgan fingerprint density at radius 2 is 1.80 bits per heavy atom. The third-order valence-corrected chi connectivity index (χ3v) is 5.45. The smallest absolute Gasteiger partial charge is 0.309 e. The maximum absolute atomic E-state index is 12.3. The van der Waals surface area contributed by atoms with Crippen molar-refractivity contribution in [3.05, 3.63) is 29.3 Å². The van der Waals surface area contributed by atoms with Gasteiger partial charge in [-0.15, -0.1) is 0 Å². The number of urea groups is 1. The van der Waals surface area contributed by atoms with E-state index in [4.69, 9.17) is 11.6 Å². The second kappa shape index (κ2) is 5.69. The number of likely N-dealkylation sites (tertiary alicyclic amines) is 1. The number of nitrogens with one attached hydrogen (secondary N) is 1. The van der Waals surface area contributed by atoms with Crippen LogP contribution in [0.3, 0.4) is 0 Å². The zero-order valence-corrected chi connectivity index (χ0v) is 14.0. The standard InChI is InChI=1S/C14H17ClIN3O/c15-11-4-6-12(7-5-11)19-10-14(16,17-13(19)20)18-8-2-1-3-9-18/h4-7H,1-3,8-10H2,(H,17,20). The van der Waals surface area contributed by atoms with Crippen LogP contribution < -0.4 is 10.2 Å². The highest BCUT2D eigenvalue weighted by molar-refractivity contribution is 14.1. The summed E-state index contributed by atoms with van der Waals surface area (Å²) >= 11 is 8.28. The number of benzene rings is 1. The first-order valence-electron chi connectivity index (χ1n) is 6.88. The maximum atomic E-state index is 12.3. The second-order valence-electron chi connectivity index (χ2n) is 5.30. The van der Waals surface area contributed by atoms with E-state index in [1.807, 2.05) is 24.3 Å². The van der Waals surface area contributed by atoms with Gasteiger partial charge < -0.3 is 5.32 Å². The monoisotopic (exact) mass is 405 g/mol. The summed E-state index contributed by atoms with van der Waals surface area (Å²) in [5.41, 5.74) is 0.891. The van der Waals surface area contributed by atoms with Crippen LogP contribution in [0.2, 0.25) is 5.02 Å². The van der Waals surface area contributed by atoms with Gasteiger partial charge in [-0.3, -0.25) is 9.80 Å². The van der Waals surface area contributed by atoms with E-state index in [9.17, 15) is 4.79 Å². The number of anilines is 1. The molecule has 0 bridgehead atoms. The Morgan fingerprint density at radius 3 is 2.45 bits per heavy atom. The van der Waals surface area contributed by atoms with Crippen molar-refractivity contribution >= 4 is 45.9 Å². The molecule has 1 N–H and O–H groups in total. The minimum atomic E-state index is -0.297. The minimum Gasteiger partial charge on any atom is -0.309 e. The molecule has 2 heterocycles. The summed E-state index contributed by atoms with van der Waals surface area (Å²) in [7, 11) is 0. The lowest BCUT2D eigenvalue weighted by Crippen LogP contribution is -2.55. The predicted molar refractivity (Wildman–Crippen MR) is 89.5 cm³/mol. The zero-order chi connectivity index (χ0) is 14.2. The van der Waals surface area contributed by atoms with Gasteiger partial charge in [-0.05, 0) is 59.7 Å². The first kappa shape index (κ1) is 14.4. The first-order chi connectivity index (χ1) is 9.58. The van der Waals surface area contributed by atoms with Crippen molar-refractivity contribution in [3.63, 3.8) is 0 Å². The number of hydrogen-bond acceptors (Lipinski definition) is 2. The minimum absolute atomic E-state index is 0.0349. The van der Waals surface area contributed by atoms with Crippen LogP contribution in [0, 0.1) is 0 Å².